The van der Waals surface area contributed by atoms with Gasteiger partial charge in [-0.2, -0.15) is 0 Å². The lowest BCUT2D eigenvalue weighted by molar-refractivity contribution is 0.0343. The van der Waals surface area contributed by atoms with Crippen LogP contribution in [0.5, 0.6) is 0 Å². The van der Waals surface area contributed by atoms with Crippen molar-refractivity contribution in [3.8, 4) is 0 Å². The molecule has 7 heteroatoms. The van der Waals surface area contributed by atoms with E-state index in [9.17, 15) is 4.79 Å². The van der Waals surface area contributed by atoms with E-state index in [0.717, 1.165) is 30.6 Å². The van der Waals surface area contributed by atoms with Gasteiger partial charge in [0.25, 0.3) is 0 Å². The zero-order chi connectivity index (χ0) is 17.1. The third-order valence-electron chi connectivity index (χ3n) is 4.83. The number of hydroxylamine groups is 1. The van der Waals surface area contributed by atoms with E-state index in [1.165, 1.54) is 12.8 Å². The summed E-state index contributed by atoms with van der Waals surface area (Å²) in [6.45, 7) is 1.79. The van der Waals surface area contributed by atoms with Crippen LogP contribution >= 0.6 is 0 Å². The summed E-state index contributed by atoms with van der Waals surface area (Å²) in [5.41, 5.74) is 4.67. The summed E-state index contributed by atoms with van der Waals surface area (Å²) in [5, 5.41) is 8.46. The van der Waals surface area contributed by atoms with E-state index in [4.69, 9.17) is 4.84 Å². The Labute approximate surface area is 146 Å². The minimum Gasteiger partial charge on any atom is -0.318 e. The fourth-order valence-electron chi connectivity index (χ4n) is 3.29. The van der Waals surface area contributed by atoms with Crippen molar-refractivity contribution in [1.29, 1.82) is 0 Å². The minimum absolute atomic E-state index is 0.133. The summed E-state index contributed by atoms with van der Waals surface area (Å²) in [6.07, 6.45) is 6.44. The number of nitrogens with one attached hydrogen (secondary N) is 1. The second-order valence-corrected chi connectivity index (χ2v) is 6.81. The monoisotopic (exact) mass is 341 g/mol. The predicted octanol–water partition coefficient (Wildman–Crippen LogP) is 2.46. The van der Waals surface area contributed by atoms with Crippen molar-refractivity contribution in [2.45, 2.75) is 50.8 Å². The fourth-order valence-corrected chi connectivity index (χ4v) is 3.29. The van der Waals surface area contributed by atoms with Gasteiger partial charge in [-0.15, -0.1) is 5.10 Å². The highest BCUT2D eigenvalue weighted by atomic mass is 16.7. The van der Waals surface area contributed by atoms with Gasteiger partial charge in [-0.25, -0.2) is 10.3 Å². The average Bonchev–Trinajstić information content (AvgIpc) is 3.20. The average molecular weight is 341 g/mol. The third kappa shape index (κ3) is 3.99. The largest absolute Gasteiger partial charge is 0.341 e. The Bertz CT molecular complexity index is 713. The number of rotatable bonds is 6. The van der Waals surface area contributed by atoms with Crippen LogP contribution in [0.25, 0.3) is 0 Å². The first-order chi connectivity index (χ1) is 12.3. The maximum atomic E-state index is 12.4. The number of aromatic nitrogens is 3. The number of hydrogen-bond acceptors (Lipinski definition) is 4. The molecule has 0 unspecified atom stereocenters. The summed E-state index contributed by atoms with van der Waals surface area (Å²) in [6, 6.07) is 9.74. The lowest BCUT2D eigenvalue weighted by Gasteiger charge is -2.24. The quantitative estimate of drug-likeness (QED) is 0.819. The van der Waals surface area contributed by atoms with E-state index < -0.39 is 0 Å². The van der Waals surface area contributed by atoms with Crippen LogP contribution < -0.4 is 5.48 Å². The number of benzene rings is 1. The molecule has 1 aliphatic carbocycles. The number of nitrogens with zero attached hydrogens (tertiary/aromatic N) is 4. The van der Waals surface area contributed by atoms with Gasteiger partial charge in [-0.05, 0) is 31.2 Å². The first kappa shape index (κ1) is 16.1. The number of urea groups is 1. The molecule has 1 aromatic carbocycles. The third-order valence-corrected chi connectivity index (χ3v) is 4.83. The fraction of sp³-hybridized carbons (Fsp3) is 0.500. The van der Waals surface area contributed by atoms with Crippen LogP contribution in [0.4, 0.5) is 4.79 Å². The lowest BCUT2D eigenvalue weighted by atomic mass is 10.2. The van der Waals surface area contributed by atoms with E-state index in [1.807, 2.05) is 46.1 Å². The molecule has 1 N–H and O–H groups in total. The summed E-state index contributed by atoms with van der Waals surface area (Å²) >= 11 is 0. The van der Waals surface area contributed by atoms with Gasteiger partial charge in [0.15, 0.2) is 0 Å². The molecule has 25 heavy (non-hydrogen) atoms. The van der Waals surface area contributed by atoms with Crippen molar-refractivity contribution in [3.05, 3.63) is 47.8 Å². The molecule has 1 aromatic heterocycles. The summed E-state index contributed by atoms with van der Waals surface area (Å²) < 4.78 is 1.87. The van der Waals surface area contributed by atoms with Crippen molar-refractivity contribution in [1.82, 2.24) is 25.4 Å². The molecule has 2 heterocycles. The highest BCUT2D eigenvalue weighted by Crippen LogP contribution is 2.38. The van der Waals surface area contributed by atoms with Gasteiger partial charge in [-0.3, -0.25) is 9.52 Å². The Kier molecular flexibility index (Phi) is 4.65. The first-order valence-electron chi connectivity index (χ1n) is 8.92. The highest BCUT2D eigenvalue weighted by Gasteiger charge is 2.31. The molecule has 2 aliphatic rings. The molecule has 7 nitrogen and oxygen atoms in total. The van der Waals surface area contributed by atoms with Crippen molar-refractivity contribution in [3.63, 3.8) is 0 Å². The summed E-state index contributed by atoms with van der Waals surface area (Å²) in [7, 11) is 0. The summed E-state index contributed by atoms with van der Waals surface area (Å²) in [4.78, 5) is 19.6. The molecule has 1 saturated heterocycles. The van der Waals surface area contributed by atoms with Crippen LogP contribution in [0, 0.1) is 0 Å². The molecule has 2 aromatic rings. The molecule has 1 saturated carbocycles. The van der Waals surface area contributed by atoms with Crippen LogP contribution in [0.15, 0.2) is 36.5 Å². The Balaban J connectivity index is 1.28. The normalized spacial score (nSPS) is 20.0. The standard InChI is InChI=1S/C18H23N5O2/c24-18(20-25-13-14-5-2-1-3-6-14)23-10-4-7-16(23)11-22-12-17(19-21-22)15-8-9-15/h1-3,5-6,12,15-16H,4,7-11,13H2,(H,20,24)/t16-/m0/s1. The van der Waals surface area contributed by atoms with Gasteiger partial charge in [-0.1, -0.05) is 35.5 Å². The van der Waals surface area contributed by atoms with Crippen LogP contribution in [-0.2, 0) is 18.0 Å². The van der Waals surface area contributed by atoms with Crippen molar-refractivity contribution in [2.24, 2.45) is 0 Å². The molecule has 1 atom stereocenters. The van der Waals surface area contributed by atoms with Crippen LogP contribution in [0.1, 0.15) is 42.9 Å². The van der Waals surface area contributed by atoms with Crippen LogP contribution in [0.2, 0.25) is 0 Å². The second-order valence-electron chi connectivity index (χ2n) is 6.81. The zero-order valence-electron chi connectivity index (χ0n) is 14.2. The number of likely N-dealkylation sites (tertiary alicyclic amines) is 1. The second kappa shape index (κ2) is 7.23. The zero-order valence-corrected chi connectivity index (χ0v) is 14.2. The SMILES string of the molecule is O=C(NOCc1ccccc1)N1CCC[C@H]1Cn1cc(C2CC2)nn1. The first-order valence-corrected chi connectivity index (χ1v) is 8.92. The Hall–Kier alpha value is -2.41. The van der Waals surface area contributed by atoms with Crippen molar-refractivity contribution >= 4 is 6.03 Å². The van der Waals surface area contributed by atoms with Gasteiger partial charge in [0.1, 0.15) is 0 Å². The predicted molar refractivity (Wildman–Crippen MR) is 91.5 cm³/mol. The van der Waals surface area contributed by atoms with E-state index in [1.54, 1.807) is 0 Å². The van der Waals surface area contributed by atoms with Gasteiger partial charge in [0.2, 0.25) is 0 Å². The Morgan fingerprint density at radius 3 is 2.88 bits per heavy atom. The van der Waals surface area contributed by atoms with Crippen LogP contribution in [-0.4, -0.2) is 38.5 Å². The van der Waals surface area contributed by atoms with Gasteiger partial charge in [0.05, 0.1) is 24.9 Å². The Morgan fingerprint density at radius 2 is 2.08 bits per heavy atom. The molecule has 2 amide bonds. The molecular weight excluding hydrogens is 318 g/mol. The molecule has 132 valence electrons. The molecule has 0 spiro atoms. The maximum absolute atomic E-state index is 12.4. The molecule has 1 aliphatic heterocycles. The number of carbonyl (C=O) groups excluding carboxylic acids is 1. The molecular formula is C18H23N5O2. The number of amides is 2. The molecule has 0 bridgehead atoms. The maximum Gasteiger partial charge on any atom is 0.341 e. The van der Waals surface area contributed by atoms with Gasteiger partial charge < -0.3 is 4.90 Å². The Morgan fingerprint density at radius 1 is 1.24 bits per heavy atom. The minimum atomic E-state index is -0.180. The van der Waals surface area contributed by atoms with Crippen LogP contribution in [0.3, 0.4) is 0 Å². The van der Waals surface area contributed by atoms with Crippen molar-refractivity contribution in [2.75, 3.05) is 6.54 Å². The highest BCUT2D eigenvalue weighted by molar-refractivity contribution is 5.73. The number of carbonyl (C=O) groups is 1. The van der Waals surface area contributed by atoms with E-state index in [-0.39, 0.29) is 12.1 Å². The number of hydrogen-bond donors (Lipinski definition) is 1. The van der Waals surface area contributed by atoms with E-state index >= 15 is 0 Å². The topological polar surface area (TPSA) is 72.3 Å². The molecule has 2 fully saturated rings. The summed E-state index contributed by atoms with van der Waals surface area (Å²) in [5.74, 6) is 0.600. The molecule has 4 rings (SSSR count). The lowest BCUT2D eigenvalue weighted by Crippen LogP contribution is -2.44. The van der Waals surface area contributed by atoms with E-state index in [2.05, 4.69) is 15.8 Å². The van der Waals surface area contributed by atoms with Crippen molar-refractivity contribution < 1.29 is 9.63 Å². The van der Waals surface area contributed by atoms with Gasteiger partial charge >= 0.3 is 6.03 Å². The van der Waals surface area contributed by atoms with E-state index in [0.29, 0.717) is 19.1 Å². The van der Waals surface area contributed by atoms with Gasteiger partial charge in [0, 0.05) is 18.7 Å². The molecule has 0 radical (unpaired) electrons. The smallest absolute Gasteiger partial charge is 0.318 e.